The maximum atomic E-state index is 6.15. The van der Waals surface area contributed by atoms with Gasteiger partial charge in [0.15, 0.2) is 5.82 Å². The predicted octanol–water partition coefficient (Wildman–Crippen LogP) is 2.49. The van der Waals surface area contributed by atoms with Crippen molar-refractivity contribution >= 4 is 17.9 Å². The van der Waals surface area contributed by atoms with Crippen LogP contribution in [0.2, 0.25) is 0 Å². The smallest absolute Gasteiger partial charge is 0.214 e. The summed E-state index contributed by atoms with van der Waals surface area (Å²) in [6.07, 6.45) is 0. The first kappa shape index (κ1) is 16.3. The number of benzene rings is 2. The molecule has 0 radical (unpaired) electrons. The number of tetrazole rings is 1. The molecular weight excluding hydrogens is 374 g/mol. The van der Waals surface area contributed by atoms with Crippen LogP contribution in [0.25, 0.3) is 39.4 Å². The van der Waals surface area contributed by atoms with Gasteiger partial charge in [-0.3, -0.25) is 0 Å². The molecule has 0 amide bonds. The molecule has 28 heavy (non-hydrogen) atoms. The first-order valence-corrected chi connectivity index (χ1v) is 8.81. The van der Waals surface area contributed by atoms with Crippen molar-refractivity contribution in [1.82, 2.24) is 40.1 Å². The van der Waals surface area contributed by atoms with Gasteiger partial charge in [0.05, 0.1) is 5.56 Å². The summed E-state index contributed by atoms with van der Waals surface area (Å²) in [6.45, 7) is 0. The second kappa shape index (κ2) is 6.35. The molecule has 136 valence electrons. The van der Waals surface area contributed by atoms with Crippen LogP contribution in [-0.4, -0.2) is 40.1 Å². The number of nitrogen functional groups attached to an aromatic ring is 1. The number of fused-ring (bicyclic) bond motifs is 1. The highest BCUT2D eigenvalue weighted by Crippen LogP contribution is 2.39. The van der Waals surface area contributed by atoms with E-state index >= 15 is 0 Å². The molecule has 0 aliphatic rings. The maximum Gasteiger partial charge on any atom is 0.214 e. The van der Waals surface area contributed by atoms with Crippen molar-refractivity contribution in [3.8, 4) is 33.8 Å². The summed E-state index contributed by atoms with van der Waals surface area (Å²) in [5.74, 6) is 6.57. The van der Waals surface area contributed by atoms with Crippen LogP contribution >= 0.6 is 12.2 Å². The zero-order valence-corrected chi connectivity index (χ0v) is 15.2. The Morgan fingerprint density at radius 3 is 2.21 bits per heavy atom. The first-order chi connectivity index (χ1) is 13.7. The highest BCUT2D eigenvalue weighted by atomic mass is 32.1. The molecule has 3 N–H and O–H groups in total. The quantitative estimate of drug-likeness (QED) is 0.361. The Kier molecular flexibility index (Phi) is 3.69. The van der Waals surface area contributed by atoms with Crippen molar-refractivity contribution in [2.24, 2.45) is 0 Å². The van der Waals surface area contributed by atoms with E-state index in [2.05, 4.69) is 30.8 Å². The van der Waals surface area contributed by atoms with Crippen molar-refractivity contribution < 1.29 is 0 Å². The molecule has 0 bridgehead atoms. The summed E-state index contributed by atoms with van der Waals surface area (Å²) in [5, 5.41) is 23.6. The van der Waals surface area contributed by atoms with E-state index in [4.69, 9.17) is 18.1 Å². The third kappa shape index (κ3) is 2.47. The number of nitrogens with zero attached hydrogens (tertiary/aromatic N) is 7. The van der Waals surface area contributed by atoms with Gasteiger partial charge < -0.3 is 5.84 Å². The lowest BCUT2D eigenvalue weighted by Crippen LogP contribution is -2.12. The van der Waals surface area contributed by atoms with Crippen molar-refractivity contribution in [2.45, 2.75) is 0 Å². The average molecular weight is 387 g/mol. The summed E-state index contributed by atoms with van der Waals surface area (Å²) in [4.78, 5) is 0. The molecule has 2 aromatic carbocycles. The standard InChI is InChI=1S/C18H13N9S/c19-26-16(20-22-18(26)28)14-13(11-7-3-1-4-8-11)15(12-9-5-2-6-10-12)23-27-17(14)21-24-25-27/h1-10H,19H2,(H,22,28). The Balaban J connectivity index is 1.98. The molecule has 5 aromatic rings. The second-order valence-electron chi connectivity index (χ2n) is 6.04. The summed E-state index contributed by atoms with van der Waals surface area (Å²) in [7, 11) is 0. The van der Waals surface area contributed by atoms with Gasteiger partial charge in [-0.1, -0.05) is 60.7 Å². The molecule has 0 saturated heterocycles. The van der Waals surface area contributed by atoms with E-state index in [1.165, 1.54) is 9.31 Å². The maximum absolute atomic E-state index is 6.15. The van der Waals surface area contributed by atoms with Crippen LogP contribution in [0.5, 0.6) is 0 Å². The summed E-state index contributed by atoms with van der Waals surface area (Å²) >= 11 is 5.21. The zero-order chi connectivity index (χ0) is 19.1. The monoisotopic (exact) mass is 387 g/mol. The predicted molar refractivity (Wildman–Crippen MR) is 106 cm³/mol. The Morgan fingerprint density at radius 2 is 1.57 bits per heavy atom. The van der Waals surface area contributed by atoms with E-state index < -0.39 is 0 Å². The van der Waals surface area contributed by atoms with Crippen LogP contribution in [-0.2, 0) is 0 Å². The van der Waals surface area contributed by atoms with Gasteiger partial charge in [-0.15, -0.1) is 14.8 Å². The highest BCUT2D eigenvalue weighted by molar-refractivity contribution is 7.71. The number of H-pyrrole nitrogens is 1. The lowest BCUT2D eigenvalue weighted by Gasteiger charge is -2.14. The second-order valence-corrected chi connectivity index (χ2v) is 6.43. The Labute approximate surface area is 163 Å². The van der Waals surface area contributed by atoms with Crippen molar-refractivity contribution in [1.29, 1.82) is 0 Å². The topological polar surface area (TPSA) is 116 Å². The van der Waals surface area contributed by atoms with Gasteiger partial charge in [-0.05, 0) is 28.2 Å². The number of nitrogens with two attached hydrogens (primary N) is 1. The average Bonchev–Trinajstić information content (AvgIpc) is 3.35. The molecule has 3 aromatic heterocycles. The summed E-state index contributed by atoms with van der Waals surface area (Å²) in [5.41, 5.74) is 4.44. The Morgan fingerprint density at radius 1 is 0.893 bits per heavy atom. The molecule has 10 heteroatoms. The van der Waals surface area contributed by atoms with Crippen LogP contribution in [0.4, 0.5) is 0 Å². The van der Waals surface area contributed by atoms with Gasteiger partial charge in [0.2, 0.25) is 10.4 Å². The lowest BCUT2D eigenvalue weighted by molar-refractivity contribution is 0.736. The van der Waals surface area contributed by atoms with E-state index in [1.807, 2.05) is 60.7 Å². The van der Waals surface area contributed by atoms with Gasteiger partial charge in [-0.25, -0.2) is 9.77 Å². The molecule has 9 nitrogen and oxygen atoms in total. The third-order valence-corrected chi connectivity index (χ3v) is 4.68. The van der Waals surface area contributed by atoms with E-state index in [1.54, 1.807) is 0 Å². The molecular formula is C18H13N9S. The van der Waals surface area contributed by atoms with Crippen LogP contribution < -0.4 is 5.84 Å². The van der Waals surface area contributed by atoms with Crippen molar-refractivity contribution in [3.05, 3.63) is 65.4 Å². The summed E-state index contributed by atoms with van der Waals surface area (Å²) < 4.78 is 2.97. The molecule has 0 saturated carbocycles. The molecule has 5 rings (SSSR count). The molecule has 0 atom stereocenters. The molecule has 0 unspecified atom stereocenters. The number of hydrogen-bond donors (Lipinski definition) is 2. The van der Waals surface area contributed by atoms with Crippen LogP contribution in [0.1, 0.15) is 0 Å². The molecule has 0 aliphatic heterocycles. The van der Waals surface area contributed by atoms with Gasteiger partial charge in [-0.2, -0.15) is 5.10 Å². The highest BCUT2D eigenvalue weighted by Gasteiger charge is 2.25. The normalized spacial score (nSPS) is 11.1. The fraction of sp³-hybridized carbons (Fsp3) is 0. The van der Waals surface area contributed by atoms with Gasteiger partial charge in [0, 0.05) is 11.1 Å². The number of nitrogens with one attached hydrogen (secondary N) is 1. The molecule has 0 spiro atoms. The number of rotatable bonds is 3. The van der Waals surface area contributed by atoms with Crippen molar-refractivity contribution in [3.63, 3.8) is 0 Å². The van der Waals surface area contributed by atoms with Gasteiger partial charge >= 0.3 is 0 Å². The molecule has 0 fully saturated rings. The fourth-order valence-corrected chi connectivity index (χ4v) is 3.28. The Hall–Kier alpha value is -3.92. The third-order valence-electron chi connectivity index (χ3n) is 4.40. The molecule has 0 aliphatic carbocycles. The fourth-order valence-electron chi connectivity index (χ4n) is 3.15. The molecule has 3 heterocycles. The lowest BCUT2D eigenvalue weighted by atomic mass is 9.95. The van der Waals surface area contributed by atoms with E-state index in [0.717, 1.165) is 16.7 Å². The van der Waals surface area contributed by atoms with Crippen molar-refractivity contribution in [2.75, 3.05) is 5.84 Å². The van der Waals surface area contributed by atoms with E-state index in [9.17, 15) is 0 Å². The number of aromatic amines is 1. The SMILES string of the molecule is Nn1c(-c2c(-c3ccccc3)c(-c3ccccc3)nn3nnnc23)n[nH]c1=S. The van der Waals surface area contributed by atoms with Gasteiger partial charge in [0.25, 0.3) is 0 Å². The Bertz CT molecular complexity index is 1340. The largest absolute Gasteiger partial charge is 0.335 e. The minimum Gasteiger partial charge on any atom is -0.335 e. The zero-order valence-electron chi connectivity index (χ0n) is 14.4. The minimum absolute atomic E-state index is 0.290. The summed E-state index contributed by atoms with van der Waals surface area (Å²) in [6, 6.07) is 19.7. The number of hydrogen-bond acceptors (Lipinski definition) is 7. The first-order valence-electron chi connectivity index (χ1n) is 8.40. The number of aromatic nitrogens is 8. The van der Waals surface area contributed by atoms with Crippen LogP contribution in [0.15, 0.2) is 60.7 Å². The van der Waals surface area contributed by atoms with E-state index in [-0.39, 0.29) is 4.77 Å². The van der Waals surface area contributed by atoms with E-state index in [0.29, 0.717) is 22.7 Å². The minimum atomic E-state index is 0.290. The van der Waals surface area contributed by atoms with Gasteiger partial charge in [0.1, 0.15) is 5.69 Å². The van der Waals surface area contributed by atoms with Crippen LogP contribution in [0.3, 0.4) is 0 Å². The van der Waals surface area contributed by atoms with Crippen LogP contribution in [0, 0.1) is 4.77 Å².